The molecule has 2 N–H and O–H groups in total. The van der Waals surface area contributed by atoms with E-state index in [1.165, 1.54) is 12.1 Å². The van der Waals surface area contributed by atoms with Crippen molar-refractivity contribution in [3.05, 3.63) is 84.6 Å². The Kier molecular flexibility index (Phi) is 5.86. The molecule has 34 heavy (non-hydrogen) atoms. The van der Waals surface area contributed by atoms with Crippen molar-refractivity contribution in [1.82, 2.24) is 19.9 Å². The number of halogens is 1. The second-order valence-electron chi connectivity index (χ2n) is 8.10. The van der Waals surface area contributed by atoms with Crippen LogP contribution < -0.4 is 10.5 Å². The first-order chi connectivity index (χ1) is 16.6. The minimum absolute atomic E-state index is 0.155. The first-order valence-corrected chi connectivity index (χ1v) is 10.9. The topological polar surface area (TPSA) is 94.2 Å². The van der Waals surface area contributed by atoms with Crippen molar-refractivity contribution in [2.24, 2.45) is 0 Å². The minimum atomic E-state index is -0.406. The molecular formula is C26H22FN5O2. The summed E-state index contributed by atoms with van der Waals surface area (Å²) in [6.45, 7) is 1.54. The van der Waals surface area contributed by atoms with Crippen LogP contribution in [0.3, 0.4) is 0 Å². The van der Waals surface area contributed by atoms with Crippen molar-refractivity contribution in [3.8, 4) is 22.8 Å². The van der Waals surface area contributed by atoms with Crippen molar-refractivity contribution >= 4 is 23.1 Å². The standard InChI is InChI=1S/C26H22FN5O2/c27-23-14-20(34-24-4-1-2-8-29-24)5-6-21(23)18-12-19-15-30-26(28)31-25(19)22(13-18)17-7-10-32(16-17)9-3-11-33/h1-6,8-9,11-15,17H,7,10,16H2,(H2,28,30,31). The van der Waals surface area contributed by atoms with E-state index in [-0.39, 0.29) is 11.9 Å². The van der Waals surface area contributed by atoms with Gasteiger partial charge in [-0.2, -0.15) is 0 Å². The average molecular weight is 455 g/mol. The largest absolute Gasteiger partial charge is 0.439 e. The summed E-state index contributed by atoms with van der Waals surface area (Å²) in [7, 11) is 0. The van der Waals surface area contributed by atoms with Crippen molar-refractivity contribution < 1.29 is 13.9 Å². The maximum atomic E-state index is 15.2. The number of likely N-dealkylation sites (tertiary alicyclic amines) is 1. The lowest BCUT2D eigenvalue weighted by molar-refractivity contribution is -0.104. The van der Waals surface area contributed by atoms with Crippen molar-refractivity contribution in [1.29, 1.82) is 0 Å². The number of hydrogen-bond acceptors (Lipinski definition) is 7. The Morgan fingerprint density at radius 1 is 1.15 bits per heavy atom. The number of nitrogens with zero attached hydrogens (tertiary/aromatic N) is 4. The van der Waals surface area contributed by atoms with Crippen LogP contribution in [0.25, 0.3) is 22.0 Å². The molecule has 5 rings (SSSR count). The fraction of sp³-hybridized carbons (Fsp3) is 0.154. The Hall–Kier alpha value is -4.33. The number of nitrogens with two attached hydrogens (primary N) is 1. The Labute approximate surface area is 195 Å². The van der Waals surface area contributed by atoms with Gasteiger partial charge in [-0.05, 0) is 54.0 Å². The van der Waals surface area contributed by atoms with Crippen LogP contribution in [0.5, 0.6) is 11.6 Å². The van der Waals surface area contributed by atoms with E-state index in [0.29, 0.717) is 17.2 Å². The van der Waals surface area contributed by atoms with E-state index < -0.39 is 5.82 Å². The lowest BCUT2D eigenvalue weighted by atomic mass is 9.91. The highest BCUT2D eigenvalue weighted by Gasteiger charge is 2.25. The number of rotatable bonds is 6. The summed E-state index contributed by atoms with van der Waals surface area (Å²) >= 11 is 0. The van der Waals surface area contributed by atoms with Gasteiger partial charge in [0.25, 0.3) is 0 Å². The van der Waals surface area contributed by atoms with Gasteiger partial charge in [0.2, 0.25) is 11.8 Å². The Morgan fingerprint density at radius 2 is 2.06 bits per heavy atom. The molecule has 2 aromatic heterocycles. The molecule has 7 nitrogen and oxygen atoms in total. The van der Waals surface area contributed by atoms with Gasteiger partial charge in [-0.1, -0.05) is 6.07 Å². The maximum absolute atomic E-state index is 15.2. The molecule has 1 unspecified atom stereocenters. The number of ether oxygens (including phenoxy) is 1. The first kappa shape index (κ1) is 21.5. The van der Waals surface area contributed by atoms with Crippen molar-refractivity contribution in [3.63, 3.8) is 0 Å². The predicted molar refractivity (Wildman–Crippen MR) is 128 cm³/mol. The predicted octanol–water partition coefficient (Wildman–Crippen LogP) is 4.71. The van der Waals surface area contributed by atoms with Crippen molar-refractivity contribution in [2.45, 2.75) is 12.3 Å². The summed E-state index contributed by atoms with van der Waals surface area (Å²) in [5.74, 6) is 0.705. The number of benzene rings is 2. The maximum Gasteiger partial charge on any atom is 0.220 e. The van der Waals surface area contributed by atoms with Crippen LogP contribution in [-0.4, -0.2) is 39.2 Å². The third kappa shape index (κ3) is 4.43. The number of pyridine rings is 1. The average Bonchev–Trinajstić information content (AvgIpc) is 3.32. The van der Waals surface area contributed by atoms with Crippen LogP contribution in [0.4, 0.5) is 10.3 Å². The van der Waals surface area contributed by atoms with Gasteiger partial charge < -0.3 is 15.4 Å². The van der Waals surface area contributed by atoms with E-state index in [4.69, 9.17) is 10.5 Å². The van der Waals surface area contributed by atoms with E-state index in [1.54, 1.807) is 48.9 Å². The number of fused-ring (bicyclic) bond motifs is 1. The molecular weight excluding hydrogens is 433 g/mol. The number of anilines is 1. The normalized spacial score (nSPS) is 15.8. The van der Waals surface area contributed by atoms with E-state index in [0.717, 1.165) is 47.8 Å². The van der Waals surface area contributed by atoms with Crippen LogP contribution in [0, 0.1) is 5.82 Å². The molecule has 4 aromatic rings. The van der Waals surface area contributed by atoms with Gasteiger partial charge in [0.05, 0.1) is 5.52 Å². The van der Waals surface area contributed by atoms with Crippen LogP contribution in [-0.2, 0) is 4.79 Å². The summed E-state index contributed by atoms with van der Waals surface area (Å²) in [6, 6.07) is 13.9. The molecule has 8 heteroatoms. The molecule has 0 spiro atoms. The molecule has 2 aromatic carbocycles. The molecule has 1 aliphatic heterocycles. The second kappa shape index (κ2) is 9.27. The van der Waals surface area contributed by atoms with Gasteiger partial charge in [-0.15, -0.1) is 0 Å². The molecule has 0 bridgehead atoms. The summed E-state index contributed by atoms with van der Waals surface area (Å²) in [5.41, 5.74) is 8.79. The zero-order chi connectivity index (χ0) is 23.5. The van der Waals surface area contributed by atoms with Gasteiger partial charge in [0.15, 0.2) is 0 Å². The van der Waals surface area contributed by atoms with E-state index in [9.17, 15) is 4.79 Å². The Bertz CT molecular complexity index is 1380. The highest BCUT2D eigenvalue weighted by Crippen LogP contribution is 2.37. The van der Waals surface area contributed by atoms with E-state index >= 15 is 4.39 Å². The molecule has 0 radical (unpaired) electrons. The van der Waals surface area contributed by atoms with Crippen LogP contribution in [0.2, 0.25) is 0 Å². The van der Waals surface area contributed by atoms with Gasteiger partial charge in [-0.3, -0.25) is 4.79 Å². The molecule has 3 heterocycles. The summed E-state index contributed by atoms with van der Waals surface area (Å²) in [4.78, 5) is 25.5. The monoisotopic (exact) mass is 455 g/mol. The first-order valence-electron chi connectivity index (χ1n) is 10.9. The number of carbonyl (C=O) groups excluding carboxylic acids is 1. The molecule has 1 atom stereocenters. The third-order valence-corrected chi connectivity index (χ3v) is 5.88. The van der Waals surface area contributed by atoms with Gasteiger partial charge >= 0.3 is 0 Å². The third-order valence-electron chi connectivity index (χ3n) is 5.88. The summed E-state index contributed by atoms with van der Waals surface area (Å²) < 4.78 is 20.9. The summed E-state index contributed by atoms with van der Waals surface area (Å²) in [5, 5.41) is 0.789. The van der Waals surface area contributed by atoms with Crippen molar-refractivity contribution in [2.75, 3.05) is 18.8 Å². The van der Waals surface area contributed by atoms with Crippen LogP contribution in [0.1, 0.15) is 17.9 Å². The summed E-state index contributed by atoms with van der Waals surface area (Å²) in [6.07, 6.45) is 8.21. The fourth-order valence-corrected chi connectivity index (χ4v) is 4.31. The lowest BCUT2D eigenvalue weighted by Gasteiger charge is -2.17. The van der Waals surface area contributed by atoms with Crippen LogP contribution >= 0.6 is 0 Å². The number of carbonyl (C=O) groups is 1. The Morgan fingerprint density at radius 3 is 2.85 bits per heavy atom. The molecule has 1 fully saturated rings. The van der Waals surface area contributed by atoms with Gasteiger partial charge in [-0.25, -0.2) is 19.3 Å². The highest BCUT2D eigenvalue weighted by atomic mass is 19.1. The fourth-order valence-electron chi connectivity index (χ4n) is 4.31. The molecule has 0 saturated carbocycles. The smallest absolute Gasteiger partial charge is 0.220 e. The second-order valence-corrected chi connectivity index (χ2v) is 8.10. The van der Waals surface area contributed by atoms with E-state index in [2.05, 4.69) is 19.9 Å². The van der Waals surface area contributed by atoms with Gasteiger partial charge in [0, 0.05) is 60.7 Å². The molecule has 170 valence electrons. The molecule has 0 aliphatic carbocycles. The SMILES string of the molecule is Nc1ncc2cc(-c3ccc(Oc4ccccn4)cc3F)cc(C3CCN(C=CC=O)C3)c2n1. The number of aromatic nitrogens is 3. The zero-order valence-corrected chi connectivity index (χ0v) is 18.3. The highest BCUT2D eigenvalue weighted by molar-refractivity contribution is 5.88. The number of aldehydes is 1. The van der Waals surface area contributed by atoms with Crippen LogP contribution in [0.15, 0.2) is 73.2 Å². The number of nitrogen functional groups attached to an aromatic ring is 1. The zero-order valence-electron chi connectivity index (χ0n) is 18.3. The molecule has 0 amide bonds. The Balaban J connectivity index is 1.52. The molecule has 1 aliphatic rings. The molecule has 1 saturated heterocycles. The number of hydrogen-bond donors (Lipinski definition) is 1. The number of allylic oxidation sites excluding steroid dienone is 1. The lowest BCUT2D eigenvalue weighted by Crippen LogP contribution is -2.13. The van der Waals surface area contributed by atoms with Gasteiger partial charge in [0.1, 0.15) is 17.9 Å². The quantitative estimate of drug-likeness (QED) is 0.332. The minimum Gasteiger partial charge on any atom is -0.439 e. The van der Waals surface area contributed by atoms with E-state index in [1.807, 2.05) is 12.1 Å².